The van der Waals surface area contributed by atoms with Crippen LogP contribution in [0.15, 0.2) is 46.9 Å². The molecule has 2 aromatic carbocycles. The summed E-state index contributed by atoms with van der Waals surface area (Å²) < 4.78 is 16.9. The Morgan fingerprint density at radius 3 is 2.61 bits per heavy atom. The lowest BCUT2D eigenvalue weighted by molar-refractivity contribution is -1.03. The van der Waals surface area contributed by atoms with Crippen molar-refractivity contribution in [3.8, 4) is 23.0 Å². The fourth-order valence-corrected chi connectivity index (χ4v) is 4.61. The summed E-state index contributed by atoms with van der Waals surface area (Å²) in [4.78, 5) is 3.15. The molecule has 31 heavy (non-hydrogen) atoms. The first-order valence-electron chi connectivity index (χ1n) is 11.1. The van der Waals surface area contributed by atoms with Crippen LogP contribution in [0.4, 0.5) is 0 Å². The van der Waals surface area contributed by atoms with Gasteiger partial charge in [0.2, 0.25) is 5.89 Å². The Morgan fingerprint density at radius 1 is 1.03 bits per heavy atom. The van der Waals surface area contributed by atoms with Crippen LogP contribution in [-0.4, -0.2) is 50.1 Å². The number of piperazine rings is 1. The van der Waals surface area contributed by atoms with Crippen molar-refractivity contribution in [1.82, 2.24) is 10.2 Å². The summed E-state index contributed by atoms with van der Waals surface area (Å²) in [5.74, 6) is 3.15. The number of hydrogen-bond donors (Lipinski definition) is 2. The monoisotopic (exact) mass is 422 g/mol. The first-order valence-corrected chi connectivity index (χ1v) is 11.1. The molecule has 0 radical (unpaired) electrons. The predicted octanol–water partition coefficient (Wildman–Crippen LogP) is 0.725. The van der Waals surface area contributed by atoms with E-state index in [1.165, 1.54) is 16.0 Å². The number of rotatable bonds is 6. The van der Waals surface area contributed by atoms with Crippen LogP contribution < -0.4 is 19.3 Å². The van der Waals surface area contributed by atoms with Crippen molar-refractivity contribution >= 4 is 0 Å². The van der Waals surface area contributed by atoms with Crippen molar-refractivity contribution in [1.29, 1.82) is 0 Å². The van der Waals surface area contributed by atoms with E-state index in [-0.39, 0.29) is 6.04 Å². The molecule has 3 heterocycles. The Morgan fingerprint density at radius 2 is 1.84 bits per heavy atom. The first kappa shape index (κ1) is 20.0. The van der Waals surface area contributed by atoms with Crippen LogP contribution in [0.1, 0.15) is 30.0 Å². The first-order chi connectivity index (χ1) is 15.2. The normalized spacial score (nSPS) is 21.4. The zero-order valence-corrected chi connectivity index (χ0v) is 18.2. The zero-order chi connectivity index (χ0) is 21.2. The van der Waals surface area contributed by atoms with E-state index in [0.29, 0.717) is 11.8 Å². The molecule has 0 aliphatic carbocycles. The van der Waals surface area contributed by atoms with Gasteiger partial charge in [-0.05, 0) is 55.0 Å². The largest absolute Gasteiger partial charge is 0.497 e. The molecule has 0 spiro atoms. The van der Waals surface area contributed by atoms with Crippen molar-refractivity contribution in [3.05, 3.63) is 59.5 Å². The van der Waals surface area contributed by atoms with E-state index in [1.54, 1.807) is 12.0 Å². The maximum Gasteiger partial charge on any atom is 0.274 e. The average molecular weight is 423 g/mol. The molecule has 162 valence electrons. The molecule has 0 saturated carbocycles. The van der Waals surface area contributed by atoms with E-state index in [4.69, 9.17) is 13.9 Å². The summed E-state index contributed by atoms with van der Waals surface area (Å²) in [5.41, 5.74) is 3.69. The van der Waals surface area contributed by atoms with Crippen LogP contribution in [0.25, 0.3) is 11.5 Å². The van der Waals surface area contributed by atoms with E-state index in [1.807, 2.05) is 24.3 Å². The summed E-state index contributed by atoms with van der Waals surface area (Å²) in [6.45, 7) is 8.58. The standard InChI is InChI=1S/C24H28N4O3/c1-17(23-25-26-24(31-23)19-4-6-21(29-2)7-5-19)28-12-10-27(11-13-28)16-18-3-8-22-20(15-18)9-14-30-22/h3-8,15,17H,9-14,16H2,1-2H3/p+2/t17-/m0/s1. The van der Waals surface area contributed by atoms with Gasteiger partial charge in [0.15, 0.2) is 6.04 Å². The molecular weight excluding hydrogens is 392 g/mol. The van der Waals surface area contributed by atoms with Gasteiger partial charge in [-0.2, -0.15) is 0 Å². The summed E-state index contributed by atoms with van der Waals surface area (Å²) >= 11 is 0. The maximum absolute atomic E-state index is 6.02. The van der Waals surface area contributed by atoms with Crippen LogP contribution in [0.5, 0.6) is 11.5 Å². The second-order valence-electron chi connectivity index (χ2n) is 8.52. The molecule has 0 unspecified atom stereocenters. The maximum atomic E-state index is 6.02. The highest BCUT2D eigenvalue weighted by Crippen LogP contribution is 2.25. The van der Waals surface area contributed by atoms with E-state index in [2.05, 4.69) is 35.3 Å². The minimum atomic E-state index is 0.193. The van der Waals surface area contributed by atoms with Crippen molar-refractivity contribution in [2.24, 2.45) is 0 Å². The van der Waals surface area contributed by atoms with E-state index < -0.39 is 0 Å². The third-order valence-electron chi connectivity index (χ3n) is 6.57. The van der Waals surface area contributed by atoms with Crippen molar-refractivity contribution in [3.63, 3.8) is 0 Å². The Bertz CT molecular complexity index is 1030. The van der Waals surface area contributed by atoms with E-state index in [0.717, 1.165) is 62.8 Å². The Kier molecular flexibility index (Phi) is 5.61. The number of hydrogen-bond acceptors (Lipinski definition) is 5. The van der Waals surface area contributed by atoms with Gasteiger partial charge in [0.25, 0.3) is 5.89 Å². The van der Waals surface area contributed by atoms with Gasteiger partial charge in [0, 0.05) is 17.5 Å². The van der Waals surface area contributed by atoms with Gasteiger partial charge < -0.3 is 23.7 Å². The second-order valence-corrected chi connectivity index (χ2v) is 8.52. The van der Waals surface area contributed by atoms with Crippen molar-refractivity contribution < 1.29 is 23.7 Å². The average Bonchev–Trinajstić information content (AvgIpc) is 3.49. The number of nitrogens with one attached hydrogen (secondary N) is 2. The number of benzene rings is 2. The molecule has 2 N–H and O–H groups in total. The van der Waals surface area contributed by atoms with Gasteiger partial charge >= 0.3 is 0 Å². The molecule has 1 fully saturated rings. The fourth-order valence-electron chi connectivity index (χ4n) is 4.61. The minimum Gasteiger partial charge on any atom is -0.497 e. The molecule has 3 aromatic rings. The topological polar surface area (TPSA) is 66.3 Å². The molecule has 1 atom stereocenters. The van der Waals surface area contributed by atoms with Gasteiger partial charge in [-0.15, -0.1) is 10.2 Å². The Hall–Kier alpha value is -2.90. The summed E-state index contributed by atoms with van der Waals surface area (Å²) in [6.07, 6.45) is 1.04. The van der Waals surface area contributed by atoms with Gasteiger partial charge in [0.05, 0.1) is 13.7 Å². The highest BCUT2D eigenvalue weighted by molar-refractivity contribution is 5.53. The van der Waals surface area contributed by atoms with Crippen molar-refractivity contribution in [2.75, 3.05) is 39.9 Å². The third kappa shape index (κ3) is 4.29. The Labute approximate surface area is 182 Å². The molecule has 2 aliphatic heterocycles. The molecule has 0 amide bonds. The molecule has 1 saturated heterocycles. The van der Waals surface area contributed by atoms with Crippen LogP contribution in [0.3, 0.4) is 0 Å². The third-order valence-corrected chi connectivity index (χ3v) is 6.57. The zero-order valence-electron chi connectivity index (χ0n) is 18.2. The van der Waals surface area contributed by atoms with E-state index in [9.17, 15) is 0 Å². The highest BCUT2D eigenvalue weighted by Gasteiger charge is 2.31. The SMILES string of the molecule is COc1ccc(-c2nnc([C@H](C)[NH+]3CC[NH+](Cc4ccc5c(c4)CCO5)CC3)o2)cc1. The van der Waals surface area contributed by atoms with Gasteiger partial charge in [-0.25, -0.2) is 0 Å². The highest BCUT2D eigenvalue weighted by atomic mass is 16.5. The molecule has 1 aromatic heterocycles. The fraction of sp³-hybridized carbons (Fsp3) is 0.417. The molecule has 0 bridgehead atoms. The summed E-state index contributed by atoms with van der Waals surface area (Å²) in [7, 11) is 1.66. The summed E-state index contributed by atoms with van der Waals surface area (Å²) in [6, 6.07) is 14.6. The molecule has 5 rings (SSSR count). The lowest BCUT2D eigenvalue weighted by atomic mass is 10.1. The van der Waals surface area contributed by atoms with Gasteiger partial charge in [-0.1, -0.05) is 0 Å². The van der Waals surface area contributed by atoms with Crippen LogP contribution in [0.2, 0.25) is 0 Å². The number of ether oxygens (including phenoxy) is 2. The quantitative estimate of drug-likeness (QED) is 0.613. The molecule has 7 heteroatoms. The van der Waals surface area contributed by atoms with Crippen LogP contribution in [-0.2, 0) is 13.0 Å². The van der Waals surface area contributed by atoms with Crippen molar-refractivity contribution in [2.45, 2.75) is 25.9 Å². The van der Waals surface area contributed by atoms with E-state index >= 15 is 0 Å². The lowest BCUT2D eigenvalue weighted by Gasteiger charge is -2.32. The second kappa shape index (κ2) is 8.69. The van der Waals surface area contributed by atoms with Crippen LogP contribution >= 0.6 is 0 Å². The van der Waals surface area contributed by atoms with Gasteiger partial charge in [-0.3, -0.25) is 0 Å². The number of quaternary nitrogens is 2. The predicted molar refractivity (Wildman–Crippen MR) is 115 cm³/mol. The van der Waals surface area contributed by atoms with Crippen LogP contribution in [0, 0.1) is 0 Å². The minimum absolute atomic E-state index is 0.193. The molecule has 2 aliphatic rings. The smallest absolute Gasteiger partial charge is 0.274 e. The number of nitrogens with zero attached hydrogens (tertiary/aromatic N) is 2. The summed E-state index contributed by atoms with van der Waals surface area (Å²) in [5, 5.41) is 8.61. The number of aromatic nitrogens is 2. The van der Waals surface area contributed by atoms with Gasteiger partial charge in [0.1, 0.15) is 44.2 Å². The molecule has 7 nitrogen and oxygen atoms in total. The lowest BCUT2D eigenvalue weighted by Crippen LogP contribution is -3.27. The molecular formula is C24H30N4O3+2. The number of methoxy groups -OCH3 is 1. The Balaban J connectivity index is 1.17. The number of fused-ring (bicyclic) bond motifs is 1.